The number of alkyl halides is 3. The summed E-state index contributed by atoms with van der Waals surface area (Å²) < 4.78 is 38.6. The fraction of sp³-hybridized carbons (Fsp3) is 0.143. The molecule has 15 heavy (non-hydrogen) atoms. The maximum absolute atomic E-state index is 11.8. The highest BCUT2D eigenvalue weighted by Crippen LogP contribution is 2.22. The van der Waals surface area contributed by atoms with Crippen LogP contribution in [0, 0.1) is 11.3 Å². The Morgan fingerprint density at radius 2 is 2.13 bits per heavy atom. The SMILES string of the molecule is N#Cc1cc(OC(F)(F)F)[nH]c(=O)c1Br. The van der Waals surface area contributed by atoms with Crippen LogP contribution in [0.1, 0.15) is 5.56 Å². The zero-order valence-corrected chi connectivity index (χ0v) is 8.44. The number of nitrogens with one attached hydrogen (secondary N) is 1. The van der Waals surface area contributed by atoms with Gasteiger partial charge in [-0.05, 0) is 15.9 Å². The van der Waals surface area contributed by atoms with Crippen molar-refractivity contribution in [2.75, 3.05) is 0 Å². The van der Waals surface area contributed by atoms with Crippen LogP contribution < -0.4 is 10.3 Å². The largest absolute Gasteiger partial charge is 0.574 e. The van der Waals surface area contributed by atoms with Gasteiger partial charge in [-0.3, -0.25) is 9.78 Å². The van der Waals surface area contributed by atoms with E-state index in [2.05, 4.69) is 20.7 Å². The molecule has 1 aromatic rings. The molecule has 1 rings (SSSR count). The number of rotatable bonds is 1. The minimum Gasteiger partial charge on any atom is -0.390 e. The number of nitriles is 1. The normalized spacial score (nSPS) is 10.9. The topological polar surface area (TPSA) is 65.9 Å². The molecule has 0 amide bonds. The maximum atomic E-state index is 11.8. The first-order chi connectivity index (χ1) is 6.83. The van der Waals surface area contributed by atoms with Gasteiger partial charge in [-0.15, -0.1) is 13.2 Å². The third kappa shape index (κ3) is 2.99. The number of hydrogen-bond donors (Lipinski definition) is 1. The van der Waals surface area contributed by atoms with Crippen molar-refractivity contribution < 1.29 is 17.9 Å². The molecule has 1 N–H and O–H groups in total. The van der Waals surface area contributed by atoms with E-state index < -0.39 is 17.8 Å². The van der Waals surface area contributed by atoms with Crippen LogP contribution in [0.25, 0.3) is 0 Å². The van der Waals surface area contributed by atoms with Gasteiger partial charge in [-0.25, -0.2) is 0 Å². The quantitative estimate of drug-likeness (QED) is 0.856. The smallest absolute Gasteiger partial charge is 0.390 e. The fourth-order valence-corrected chi connectivity index (χ4v) is 1.08. The number of nitrogens with zero attached hydrogens (tertiary/aromatic N) is 1. The Bertz CT molecular complexity index is 475. The first-order valence-electron chi connectivity index (χ1n) is 3.42. The Hall–Kier alpha value is -1.49. The molecule has 4 nitrogen and oxygen atoms in total. The molecule has 1 heterocycles. The second kappa shape index (κ2) is 3.94. The summed E-state index contributed by atoms with van der Waals surface area (Å²) >= 11 is 2.75. The van der Waals surface area contributed by atoms with E-state index in [0.717, 1.165) is 6.07 Å². The number of ether oxygens (including phenoxy) is 1. The Morgan fingerprint density at radius 3 is 2.60 bits per heavy atom. The Labute approximate surface area is 89.4 Å². The summed E-state index contributed by atoms with van der Waals surface area (Å²) in [6.07, 6.45) is -4.91. The summed E-state index contributed by atoms with van der Waals surface area (Å²) in [4.78, 5) is 12.8. The van der Waals surface area contributed by atoms with Crippen molar-refractivity contribution in [3.63, 3.8) is 0 Å². The number of halogens is 4. The molecule has 80 valence electrons. The number of hydrogen-bond acceptors (Lipinski definition) is 3. The molecule has 0 aliphatic heterocycles. The average Bonchev–Trinajstić information content (AvgIpc) is 2.08. The van der Waals surface area contributed by atoms with Gasteiger partial charge in [0.05, 0.1) is 5.56 Å². The fourth-order valence-electron chi connectivity index (χ4n) is 0.781. The zero-order valence-electron chi connectivity index (χ0n) is 6.85. The van der Waals surface area contributed by atoms with Crippen LogP contribution in [-0.2, 0) is 0 Å². The molecule has 0 saturated carbocycles. The monoisotopic (exact) mass is 282 g/mol. The van der Waals surface area contributed by atoms with Crippen LogP contribution in [0.15, 0.2) is 15.3 Å². The highest BCUT2D eigenvalue weighted by atomic mass is 79.9. The predicted molar refractivity (Wildman–Crippen MR) is 46.2 cm³/mol. The first-order valence-corrected chi connectivity index (χ1v) is 4.21. The molecule has 0 saturated heterocycles. The summed E-state index contributed by atoms with van der Waals surface area (Å²) in [6.45, 7) is 0. The standard InChI is InChI=1S/C7H2BrF3N2O2/c8-5-3(2-12)1-4(13-6(5)14)15-7(9,10)11/h1H,(H,13,14). The lowest BCUT2D eigenvalue weighted by molar-refractivity contribution is -0.276. The Kier molecular flexibility index (Phi) is 3.04. The van der Waals surface area contributed by atoms with Gasteiger partial charge in [0.15, 0.2) is 0 Å². The second-order valence-electron chi connectivity index (χ2n) is 2.35. The summed E-state index contributed by atoms with van der Waals surface area (Å²) in [6, 6.07) is 2.32. The van der Waals surface area contributed by atoms with Gasteiger partial charge in [0.1, 0.15) is 10.5 Å². The molecule has 0 spiro atoms. The van der Waals surface area contributed by atoms with Gasteiger partial charge in [-0.1, -0.05) is 0 Å². The van der Waals surface area contributed by atoms with Crippen molar-refractivity contribution in [1.82, 2.24) is 4.98 Å². The molecule has 0 aliphatic carbocycles. The minimum absolute atomic E-state index is 0.139. The molecule has 1 aromatic heterocycles. The highest BCUT2D eigenvalue weighted by Gasteiger charge is 2.32. The summed E-state index contributed by atoms with van der Waals surface area (Å²) in [7, 11) is 0. The molecule has 0 aliphatic rings. The van der Waals surface area contributed by atoms with Crippen LogP contribution >= 0.6 is 15.9 Å². The number of aromatic nitrogens is 1. The molecule has 0 atom stereocenters. The van der Waals surface area contributed by atoms with E-state index in [4.69, 9.17) is 5.26 Å². The van der Waals surface area contributed by atoms with E-state index in [-0.39, 0.29) is 10.0 Å². The second-order valence-corrected chi connectivity index (χ2v) is 3.14. The van der Waals surface area contributed by atoms with Crippen molar-refractivity contribution in [1.29, 1.82) is 5.26 Å². The van der Waals surface area contributed by atoms with Gasteiger partial charge < -0.3 is 4.74 Å². The van der Waals surface area contributed by atoms with Crippen LogP contribution in [0.4, 0.5) is 13.2 Å². The van der Waals surface area contributed by atoms with E-state index in [1.165, 1.54) is 0 Å². The van der Waals surface area contributed by atoms with Gasteiger partial charge in [0.25, 0.3) is 5.56 Å². The minimum atomic E-state index is -4.91. The molecule has 0 bridgehead atoms. The molecule has 0 aromatic carbocycles. The lowest BCUT2D eigenvalue weighted by Gasteiger charge is -2.08. The molecule has 0 unspecified atom stereocenters. The third-order valence-corrected chi connectivity index (χ3v) is 2.08. The number of pyridine rings is 1. The Balaban J connectivity index is 3.20. The van der Waals surface area contributed by atoms with E-state index in [1.54, 1.807) is 6.07 Å². The van der Waals surface area contributed by atoms with Crippen LogP contribution in [-0.4, -0.2) is 11.3 Å². The van der Waals surface area contributed by atoms with Crippen molar-refractivity contribution in [3.05, 3.63) is 26.5 Å². The molecular weight excluding hydrogens is 281 g/mol. The Morgan fingerprint density at radius 1 is 1.53 bits per heavy atom. The molecular formula is C7H2BrF3N2O2. The van der Waals surface area contributed by atoms with Crippen molar-refractivity contribution in [3.8, 4) is 11.9 Å². The van der Waals surface area contributed by atoms with Crippen molar-refractivity contribution in [2.24, 2.45) is 0 Å². The molecule has 0 fully saturated rings. The summed E-state index contributed by atoms with van der Waals surface area (Å²) in [5.74, 6) is -0.827. The van der Waals surface area contributed by atoms with Crippen LogP contribution in [0.3, 0.4) is 0 Å². The van der Waals surface area contributed by atoms with Crippen molar-refractivity contribution in [2.45, 2.75) is 6.36 Å². The average molecular weight is 283 g/mol. The summed E-state index contributed by atoms with van der Waals surface area (Å²) in [5, 5.41) is 8.50. The first kappa shape index (κ1) is 11.6. The predicted octanol–water partition coefficient (Wildman–Crippen LogP) is 1.91. The van der Waals surface area contributed by atoms with E-state index in [0.29, 0.717) is 0 Å². The van der Waals surface area contributed by atoms with Crippen LogP contribution in [0.2, 0.25) is 0 Å². The van der Waals surface area contributed by atoms with E-state index in [9.17, 15) is 18.0 Å². The van der Waals surface area contributed by atoms with Gasteiger partial charge in [0.2, 0.25) is 5.88 Å². The number of aromatic amines is 1. The van der Waals surface area contributed by atoms with E-state index >= 15 is 0 Å². The molecule has 8 heteroatoms. The summed E-state index contributed by atoms with van der Waals surface area (Å²) in [5.41, 5.74) is -1.11. The molecule has 0 radical (unpaired) electrons. The number of H-pyrrole nitrogens is 1. The highest BCUT2D eigenvalue weighted by molar-refractivity contribution is 9.10. The van der Waals surface area contributed by atoms with Gasteiger partial charge in [-0.2, -0.15) is 5.26 Å². The lowest BCUT2D eigenvalue weighted by atomic mass is 10.3. The van der Waals surface area contributed by atoms with Crippen LogP contribution in [0.5, 0.6) is 5.88 Å². The lowest BCUT2D eigenvalue weighted by Crippen LogP contribution is -2.20. The van der Waals surface area contributed by atoms with Gasteiger partial charge in [0, 0.05) is 6.07 Å². The zero-order chi connectivity index (χ0) is 11.6. The van der Waals surface area contributed by atoms with E-state index in [1.807, 2.05) is 4.98 Å². The van der Waals surface area contributed by atoms with Gasteiger partial charge >= 0.3 is 6.36 Å². The third-order valence-electron chi connectivity index (χ3n) is 1.29. The van der Waals surface area contributed by atoms with Crippen molar-refractivity contribution >= 4 is 15.9 Å². The maximum Gasteiger partial charge on any atom is 0.574 e.